The molecule has 0 bridgehead atoms. The molecule has 4 rings (SSSR count). The second kappa shape index (κ2) is 6.89. The lowest BCUT2D eigenvalue weighted by molar-refractivity contribution is -0.118. The van der Waals surface area contributed by atoms with Crippen LogP contribution in [0.5, 0.6) is 5.75 Å². The lowest BCUT2D eigenvalue weighted by Gasteiger charge is -2.18. The van der Waals surface area contributed by atoms with Gasteiger partial charge in [-0.05, 0) is 57.4 Å². The van der Waals surface area contributed by atoms with Crippen LogP contribution in [-0.4, -0.2) is 22.5 Å². The van der Waals surface area contributed by atoms with Crippen LogP contribution in [0, 0.1) is 0 Å². The summed E-state index contributed by atoms with van der Waals surface area (Å²) in [6.07, 6.45) is 10.6. The molecule has 2 aliphatic carbocycles. The number of nitrogens with one attached hydrogen (secondary N) is 1. The average Bonchev–Trinajstić information content (AvgIpc) is 3.02. The van der Waals surface area contributed by atoms with E-state index in [1.807, 2.05) is 6.07 Å². The molecule has 0 atom stereocenters. The Morgan fingerprint density at radius 2 is 1.92 bits per heavy atom. The molecule has 0 aliphatic heterocycles. The van der Waals surface area contributed by atoms with Crippen LogP contribution >= 0.6 is 11.3 Å². The normalized spacial score (nSPS) is 16.2. The third-order valence-electron chi connectivity index (χ3n) is 4.64. The van der Waals surface area contributed by atoms with Gasteiger partial charge >= 0.3 is 0 Å². The number of aryl methyl sites for hydroxylation is 3. The number of pyridine rings is 1. The fraction of sp³-hybridized carbons (Fsp3) is 0.500. The summed E-state index contributed by atoms with van der Waals surface area (Å²) in [5.41, 5.74) is 3.44. The van der Waals surface area contributed by atoms with Gasteiger partial charge in [-0.1, -0.05) is 0 Å². The highest BCUT2D eigenvalue weighted by molar-refractivity contribution is 7.15. The Morgan fingerprint density at radius 3 is 2.79 bits per heavy atom. The van der Waals surface area contributed by atoms with E-state index < -0.39 is 0 Å². The highest BCUT2D eigenvalue weighted by Gasteiger charge is 2.18. The van der Waals surface area contributed by atoms with Gasteiger partial charge in [0.05, 0.1) is 5.69 Å². The molecule has 0 saturated carbocycles. The minimum Gasteiger partial charge on any atom is -0.483 e. The first-order chi connectivity index (χ1) is 11.8. The van der Waals surface area contributed by atoms with Crippen molar-refractivity contribution >= 4 is 22.4 Å². The van der Waals surface area contributed by atoms with Gasteiger partial charge < -0.3 is 4.74 Å². The third kappa shape index (κ3) is 3.29. The highest BCUT2D eigenvalue weighted by atomic mass is 32.1. The van der Waals surface area contributed by atoms with Gasteiger partial charge in [0, 0.05) is 22.3 Å². The van der Waals surface area contributed by atoms with Crippen molar-refractivity contribution in [3.63, 3.8) is 0 Å². The number of aromatic nitrogens is 2. The van der Waals surface area contributed by atoms with Crippen LogP contribution in [0.3, 0.4) is 0 Å². The van der Waals surface area contributed by atoms with E-state index in [9.17, 15) is 4.79 Å². The molecule has 0 aromatic carbocycles. The summed E-state index contributed by atoms with van der Waals surface area (Å²) in [6.45, 7) is 0.0146. The van der Waals surface area contributed by atoms with Gasteiger partial charge in [-0.2, -0.15) is 0 Å². The Bertz CT molecular complexity index is 733. The van der Waals surface area contributed by atoms with Gasteiger partial charge in [0.2, 0.25) is 0 Å². The molecule has 0 fully saturated rings. The largest absolute Gasteiger partial charge is 0.483 e. The first-order valence-electron chi connectivity index (χ1n) is 8.67. The van der Waals surface area contributed by atoms with Crippen LogP contribution in [0.15, 0.2) is 12.3 Å². The van der Waals surface area contributed by atoms with Crippen molar-refractivity contribution in [1.82, 2.24) is 9.97 Å². The van der Waals surface area contributed by atoms with E-state index in [-0.39, 0.29) is 12.5 Å². The van der Waals surface area contributed by atoms with Crippen LogP contribution in [0.1, 0.15) is 47.5 Å². The summed E-state index contributed by atoms with van der Waals surface area (Å²) in [7, 11) is 0. The van der Waals surface area contributed by atoms with Crippen LogP contribution in [-0.2, 0) is 30.5 Å². The molecular formula is C18H21N3O2S. The lowest BCUT2D eigenvalue weighted by atomic mass is 9.95. The number of anilines is 1. The van der Waals surface area contributed by atoms with E-state index in [1.165, 1.54) is 29.7 Å². The van der Waals surface area contributed by atoms with Crippen molar-refractivity contribution in [3.8, 4) is 5.75 Å². The van der Waals surface area contributed by atoms with E-state index in [0.717, 1.165) is 49.2 Å². The van der Waals surface area contributed by atoms with Gasteiger partial charge in [-0.3, -0.25) is 15.1 Å². The summed E-state index contributed by atoms with van der Waals surface area (Å²) >= 11 is 1.60. The van der Waals surface area contributed by atoms with E-state index in [0.29, 0.717) is 5.13 Å². The molecule has 0 saturated heterocycles. The zero-order valence-corrected chi connectivity index (χ0v) is 14.5. The van der Waals surface area contributed by atoms with Crippen molar-refractivity contribution in [3.05, 3.63) is 34.1 Å². The number of carbonyl (C=O) groups is 1. The Labute approximate surface area is 145 Å². The molecule has 6 heteroatoms. The van der Waals surface area contributed by atoms with Crippen LogP contribution < -0.4 is 10.1 Å². The maximum absolute atomic E-state index is 12.2. The quantitative estimate of drug-likeness (QED) is 0.925. The molecule has 5 nitrogen and oxygen atoms in total. The number of nitrogens with zero attached hydrogens (tertiary/aromatic N) is 2. The number of fused-ring (bicyclic) bond motifs is 2. The summed E-state index contributed by atoms with van der Waals surface area (Å²) in [6, 6.07) is 1.86. The van der Waals surface area contributed by atoms with E-state index in [4.69, 9.17) is 4.74 Å². The fourth-order valence-electron chi connectivity index (χ4n) is 3.43. The maximum Gasteiger partial charge on any atom is 0.264 e. The molecule has 0 radical (unpaired) electrons. The standard InChI is InChI=1S/C18H21N3O2S/c22-17(21-18-20-14-7-3-4-8-16(14)24-18)11-23-15-9-10-19-13-6-2-1-5-12(13)15/h9-10H,1-8,11H2,(H,20,21,22). The van der Waals surface area contributed by atoms with Gasteiger partial charge in [0.1, 0.15) is 5.75 Å². The molecule has 24 heavy (non-hydrogen) atoms. The number of carbonyl (C=O) groups excluding carboxylic acids is 1. The molecule has 1 amide bonds. The average molecular weight is 343 g/mol. The smallest absolute Gasteiger partial charge is 0.264 e. The zero-order chi connectivity index (χ0) is 16.4. The second-order valence-corrected chi connectivity index (χ2v) is 7.46. The van der Waals surface area contributed by atoms with Gasteiger partial charge in [-0.25, -0.2) is 4.98 Å². The number of amides is 1. The first kappa shape index (κ1) is 15.6. The Hall–Kier alpha value is -1.95. The Morgan fingerprint density at radius 1 is 1.12 bits per heavy atom. The number of thiazole rings is 1. The zero-order valence-electron chi connectivity index (χ0n) is 13.6. The molecule has 126 valence electrons. The van der Waals surface area contributed by atoms with E-state index in [2.05, 4.69) is 15.3 Å². The van der Waals surface area contributed by atoms with E-state index in [1.54, 1.807) is 17.5 Å². The summed E-state index contributed by atoms with van der Waals surface area (Å²) in [5, 5.41) is 3.58. The predicted octanol–water partition coefficient (Wildman–Crippen LogP) is 3.31. The number of rotatable bonds is 4. The maximum atomic E-state index is 12.2. The van der Waals surface area contributed by atoms with E-state index >= 15 is 0 Å². The van der Waals surface area contributed by atoms with Gasteiger partial charge in [0.25, 0.3) is 5.91 Å². The molecule has 0 unspecified atom stereocenters. The lowest BCUT2D eigenvalue weighted by Crippen LogP contribution is -2.21. The summed E-state index contributed by atoms with van der Waals surface area (Å²) < 4.78 is 5.77. The molecule has 2 aromatic heterocycles. The van der Waals surface area contributed by atoms with Crippen LogP contribution in [0.25, 0.3) is 0 Å². The summed E-state index contributed by atoms with van der Waals surface area (Å²) in [4.78, 5) is 22.5. The third-order valence-corrected chi connectivity index (χ3v) is 5.72. The van der Waals surface area contributed by atoms with Gasteiger partial charge in [0.15, 0.2) is 11.7 Å². The molecule has 2 aromatic rings. The predicted molar refractivity (Wildman–Crippen MR) is 93.8 cm³/mol. The van der Waals surface area contributed by atoms with Crippen molar-refractivity contribution in [2.45, 2.75) is 51.4 Å². The van der Waals surface area contributed by atoms with Crippen molar-refractivity contribution in [1.29, 1.82) is 0 Å². The molecular weight excluding hydrogens is 322 g/mol. The Kier molecular flexibility index (Phi) is 4.47. The molecule has 2 heterocycles. The number of hydrogen-bond donors (Lipinski definition) is 1. The van der Waals surface area contributed by atoms with Crippen LogP contribution in [0.4, 0.5) is 5.13 Å². The van der Waals surface area contributed by atoms with Gasteiger partial charge in [-0.15, -0.1) is 11.3 Å². The summed E-state index contributed by atoms with van der Waals surface area (Å²) in [5.74, 6) is 0.649. The number of hydrogen-bond acceptors (Lipinski definition) is 5. The van der Waals surface area contributed by atoms with Crippen molar-refractivity contribution in [2.75, 3.05) is 11.9 Å². The Balaban J connectivity index is 1.38. The van der Waals surface area contributed by atoms with Crippen LogP contribution in [0.2, 0.25) is 0 Å². The first-order valence-corrected chi connectivity index (χ1v) is 9.49. The highest BCUT2D eigenvalue weighted by Crippen LogP contribution is 2.30. The minimum absolute atomic E-state index is 0.0146. The molecule has 1 N–H and O–H groups in total. The second-order valence-electron chi connectivity index (χ2n) is 6.37. The minimum atomic E-state index is -0.150. The SMILES string of the molecule is O=C(COc1ccnc2c1CCCC2)Nc1nc2c(s1)CCCC2. The topological polar surface area (TPSA) is 64.1 Å². The molecule has 2 aliphatic rings. The number of ether oxygens (including phenoxy) is 1. The van der Waals surface area contributed by atoms with Crippen molar-refractivity contribution < 1.29 is 9.53 Å². The molecule has 0 spiro atoms. The van der Waals surface area contributed by atoms with Crippen molar-refractivity contribution in [2.24, 2.45) is 0 Å². The monoisotopic (exact) mass is 343 g/mol. The fourth-order valence-corrected chi connectivity index (χ4v) is 4.50.